The Bertz CT molecular complexity index is 372. The molecule has 0 amide bonds. The third-order valence-electron chi connectivity index (χ3n) is 3.30. The van der Waals surface area contributed by atoms with Gasteiger partial charge in [0, 0.05) is 17.6 Å². The van der Waals surface area contributed by atoms with Crippen molar-refractivity contribution in [1.29, 1.82) is 0 Å². The molecule has 19 heavy (non-hydrogen) atoms. The number of alkyl halides is 3. The van der Waals surface area contributed by atoms with Crippen LogP contribution in [0.3, 0.4) is 0 Å². The fourth-order valence-electron chi connectivity index (χ4n) is 2.38. The van der Waals surface area contributed by atoms with Gasteiger partial charge in [0.05, 0.1) is 12.6 Å². The first-order valence-corrected chi connectivity index (χ1v) is 7.26. The van der Waals surface area contributed by atoms with E-state index < -0.39 is 12.7 Å². The van der Waals surface area contributed by atoms with Gasteiger partial charge < -0.3 is 5.32 Å². The molecule has 2 rings (SSSR count). The molecule has 1 unspecified atom stereocenters. The van der Waals surface area contributed by atoms with E-state index in [-0.39, 0.29) is 12.1 Å². The Morgan fingerprint density at radius 2 is 2.16 bits per heavy atom. The van der Waals surface area contributed by atoms with Gasteiger partial charge in [-0.15, -0.1) is 11.3 Å². The molecule has 0 radical (unpaired) electrons. The summed E-state index contributed by atoms with van der Waals surface area (Å²) >= 11 is 1.60. The Labute approximate surface area is 114 Å². The molecule has 0 spiro atoms. The van der Waals surface area contributed by atoms with Crippen LogP contribution in [0.25, 0.3) is 0 Å². The van der Waals surface area contributed by atoms with Crippen molar-refractivity contribution in [3.63, 3.8) is 0 Å². The molecular weight excluding hydrogens is 275 g/mol. The van der Waals surface area contributed by atoms with E-state index in [4.69, 9.17) is 0 Å². The minimum atomic E-state index is -4.09. The van der Waals surface area contributed by atoms with Crippen LogP contribution in [0.1, 0.15) is 30.8 Å². The molecule has 1 N–H and O–H groups in total. The van der Waals surface area contributed by atoms with Gasteiger partial charge in [0.25, 0.3) is 0 Å². The zero-order valence-electron chi connectivity index (χ0n) is 10.8. The summed E-state index contributed by atoms with van der Waals surface area (Å²) in [6.07, 6.45) is -0.809. The summed E-state index contributed by atoms with van der Waals surface area (Å²) in [7, 11) is 0. The van der Waals surface area contributed by atoms with Crippen molar-refractivity contribution in [2.45, 2.75) is 38.0 Å². The number of nitrogens with zero attached hydrogens (tertiary/aromatic N) is 2. The van der Waals surface area contributed by atoms with Crippen molar-refractivity contribution in [2.24, 2.45) is 0 Å². The number of aromatic nitrogens is 1. The zero-order chi connectivity index (χ0) is 13.9. The van der Waals surface area contributed by atoms with Crippen molar-refractivity contribution in [2.75, 3.05) is 19.6 Å². The quantitative estimate of drug-likeness (QED) is 0.925. The Balaban J connectivity index is 1.74. The summed E-state index contributed by atoms with van der Waals surface area (Å²) in [5.41, 5.74) is 0. The van der Waals surface area contributed by atoms with E-state index in [0.717, 1.165) is 17.8 Å². The highest BCUT2D eigenvalue weighted by Gasteiger charge is 2.32. The number of hydrogen-bond donors (Lipinski definition) is 1. The average molecular weight is 293 g/mol. The molecule has 7 heteroatoms. The fraction of sp³-hybridized carbons (Fsp3) is 0.750. The Morgan fingerprint density at radius 1 is 1.47 bits per heavy atom. The van der Waals surface area contributed by atoms with Crippen LogP contribution in [0.2, 0.25) is 0 Å². The molecule has 1 saturated heterocycles. The summed E-state index contributed by atoms with van der Waals surface area (Å²) in [6, 6.07) is 0.447. The van der Waals surface area contributed by atoms with Crippen LogP contribution in [-0.2, 0) is 0 Å². The third kappa shape index (κ3) is 4.74. The number of piperidine rings is 1. The standard InChI is InChI=1S/C12H18F3N3S/c1-9(11-16-4-7-19-11)17-10-2-5-18(6-3-10)8-12(13,14)15/h4,7,9-10,17H,2-3,5-6,8H2,1H3. The Hall–Kier alpha value is -0.660. The smallest absolute Gasteiger partial charge is 0.305 e. The molecule has 0 saturated carbocycles. The second kappa shape index (κ2) is 6.19. The van der Waals surface area contributed by atoms with E-state index in [1.165, 1.54) is 4.90 Å². The van der Waals surface area contributed by atoms with E-state index in [2.05, 4.69) is 10.3 Å². The first-order valence-electron chi connectivity index (χ1n) is 6.38. The van der Waals surface area contributed by atoms with Gasteiger partial charge in [0.2, 0.25) is 0 Å². The Kier molecular flexibility index (Phi) is 4.81. The molecule has 0 aliphatic carbocycles. The van der Waals surface area contributed by atoms with Crippen LogP contribution in [-0.4, -0.2) is 41.7 Å². The summed E-state index contributed by atoms with van der Waals surface area (Å²) in [5.74, 6) is 0. The molecule has 1 aromatic heterocycles. The first-order chi connectivity index (χ1) is 8.94. The molecule has 0 bridgehead atoms. The highest BCUT2D eigenvalue weighted by Crippen LogP contribution is 2.22. The second-order valence-corrected chi connectivity index (χ2v) is 5.85. The monoisotopic (exact) mass is 293 g/mol. The van der Waals surface area contributed by atoms with Gasteiger partial charge in [-0.2, -0.15) is 13.2 Å². The summed E-state index contributed by atoms with van der Waals surface area (Å²) in [4.78, 5) is 5.72. The summed E-state index contributed by atoms with van der Waals surface area (Å²) in [6.45, 7) is 2.26. The van der Waals surface area contributed by atoms with E-state index in [1.54, 1.807) is 17.5 Å². The molecule has 108 valence electrons. The van der Waals surface area contributed by atoms with Crippen LogP contribution in [0.4, 0.5) is 13.2 Å². The maximum atomic E-state index is 12.3. The zero-order valence-corrected chi connectivity index (χ0v) is 11.6. The summed E-state index contributed by atoms with van der Waals surface area (Å²) in [5, 5.41) is 6.40. The summed E-state index contributed by atoms with van der Waals surface area (Å²) < 4.78 is 36.8. The highest BCUT2D eigenvalue weighted by atomic mass is 32.1. The SMILES string of the molecule is CC(NC1CCN(CC(F)(F)F)CC1)c1nccs1. The number of hydrogen-bond acceptors (Lipinski definition) is 4. The minimum Gasteiger partial charge on any atom is -0.305 e. The minimum absolute atomic E-state index is 0.166. The van der Waals surface area contributed by atoms with Crippen LogP contribution in [0.5, 0.6) is 0 Å². The molecule has 1 aromatic rings. The van der Waals surface area contributed by atoms with Crippen molar-refractivity contribution >= 4 is 11.3 Å². The number of nitrogens with one attached hydrogen (secondary N) is 1. The highest BCUT2D eigenvalue weighted by molar-refractivity contribution is 7.09. The molecular formula is C12H18F3N3S. The number of likely N-dealkylation sites (tertiary alicyclic amines) is 1. The van der Waals surface area contributed by atoms with E-state index >= 15 is 0 Å². The van der Waals surface area contributed by atoms with Gasteiger partial charge in [0.1, 0.15) is 5.01 Å². The van der Waals surface area contributed by atoms with Crippen molar-refractivity contribution in [3.8, 4) is 0 Å². The number of thiazole rings is 1. The second-order valence-electron chi connectivity index (χ2n) is 4.92. The molecule has 3 nitrogen and oxygen atoms in total. The van der Waals surface area contributed by atoms with Gasteiger partial charge in [-0.25, -0.2) is 4.98 Å². The van der Waals surface area contributed by atoms with Crippen LogP contribution in [0.15, 0.2) is 11.6 Å². The molecule has 0 aromatic carbocycles. The van der Waals surface area contributed by atoms with E-state index in [9.17, 15) is 13.2 Å². The third-order valence-corrected chi connectivity index (χ3v) is 4.26. The lowest BCUT2D eigenvalue weighted by atomic mass is 10.0. The topological polar surface area (TPSA) is 28.2 Å². The van der Waals surface area contributed by atoms with E-state index in [0.29, 0.717) is 13.1 Å². The lowest BCUT2D eigenvalue weighted by molar-refractivity contribution is -0.148. The van der Waals surface area contributed by atoms with Gasteiger partial charge in [-0.3, -0.25) is 4.90 Å². The van der Waals surface area contributed by atoms with Crippen LogP contribution >= 0.6 is 11.3 Å². The predicted molar refractivity (Wildman–Crippen MR) is 69.2 cm³/mol. The van der Waals surface area contributed by atoms with Crippen LogP contribution in [0, 0.1) is 0 Å². The molecule has 1 aliphatic rings. The van der Waals surface area contributed by atoms with Crippen molar-refractivity contribution in [3.05, 3.63) is 16.6 Å². The Morgan fingerprint density at radius 3 is 2.68 bits per heavy atom. The normalized spacial score (nSPS) is 20.6. The largest absolute Gasteiger partial charge is 0.401 e. The van der Waals surface area contributed by atoms with Crippen LogP contribution < -0.4 is 5.32 Å². The van der Waals surface area contributed by atoms with Gasteiger partial charge >= 0.3 is 6.18 Å². The van der Waals surface area contributed by atoms with Crippen molar-refractivity contribution in [1.82, 2.24) is 15.2 Å². The van der Waals surface area contributed by atoms with Gasteiger partial charge in [0.15, 0.2) is 0 Å². The predicted octanol–water partition coefficient (Wildman–Crippen LogP) is 2.82. The number of halogens is 3. The average Bonchev–Trinajstić information content (AvgIpc) is 2.83. The maximum absolute atomic E-state index is 12.3. The molecule has 2 heterocycles. The molecule has 1 fully saturated rings. The number of rotatable bonds is 4. The first kappa shape index (κ1) is 14.7. The maximum Gasteiger partial charge on any atom is 0.401 e. The molecule has 1 aliphatic heterocycles. The lowest BCUT2D eigenvalue weighted by Gasteiger charge is -2.33. The lowest BCUT2D eigenvalue weighted by Crippen LogP contribution is -2.46. The van der Waals surface area contributed by atoms with Gasteiger partial charge in [-0.1, -0.05) is 0 Å². The van der Waals surface area contributed by atoms with Gasteiger partial charge in [-0.05, 0) is 32.9 Å². The fourth-order valence-corrected chi connectivity index (χ4v) is 3.04. The molecule has 1 atom stereocenters. The van der Waals surface area contributed by atoms with Crippen molar-refractivity contribution < 1.29 is 13.2 Å². The van der Waals surface area contributed by atoms with E-state index in [1.807, 2.05) is 12.3 Å².